The average Bonchev–Trinajstić information content (AvgIpc) is 2.86. The Morgan fingerprint density at radius 3 is 2.68 bits per heavy atom. The molecule has 1 fully saturated rings. The van der Waals surface area contributed by atoms with Crippen LogP contribution >= 0.6 is 11.8 Å². The Hall–Kier alpha value is -3.80. The van der Waals surface area contributed by atoms with E-state index in [1.807, 2.05) is 13.1 Å². The van der Waals surface area contributed by atoms with Gasteiger partial charge in [0.05, 0.1) is 36.2 Å². The van der Waals surface area contributed by atoms with Crippen LogP contribution in [-0.4, -0.2) is 59.6 Å². The van der Waals surface area contributed by atoms with Gasteiger partial charge in [0.1, 0.15) is 47.1 Å². The molecule has 0 unspecified atom stereocenters. The Morgan fingerprint density at radius 1 is 1.24 bits per heavy atom. The molecule has 4 heterocycles. The lowest BCUT2D eigenvalue weighted by Crippen LogP contribution is -2.49. The minimum absolute atomic E-state index is 0.146. The molecular formula is C23H21FN8OS. The molecule has 0 spiro atoms. The number of pyridine rings is 2. The van der Waals surface area contributed by atoms with Crippen LogP contribution in [0.25, 0.3) is 11.3 Å². The van der Waals surface area contributed by atoms with Crippen LogP contribution in [0.2, 0.25) is 0 Å². The summed E-state index contributed by atoms with van der Waals surface area (Å²) in [4.78, 5) is 10.8. The monoisotopic (exact) mass is 476 g/mol. The highest BCUT2D eigenvalue weighted by atomic mass is 32.2. The topological polar surface area (TPSA) is 124 Å². The Balaban J connectivity index is 1.76. The van der Waals surface area contributed by atoms with Crippen LogP contribution in [0, 0.1) is 22.7 Å². The quantitative estimate of drug-likeness (QED) is 0.364. The van der Waals surface area contributed by atoms with Gasteiger partial charge in [0.25, 0.3) is 0 Å². The summed E-state index contributed by atoms with van der Waals surface area (Å²) in [6.07, 6.45) is 2.16. The maximum atomic E-state index is 13.6. The fourth-order valence-electron chi connectivity index (χ4n) is 3.39. The van der Waals surface area contributed by atoms with Gasteiger partial charge in [-0.1, -0.05) is 11.8 Å². The normalized spacial score (nSPS) is 13.1. The van der Waals surface area contributed by atoms with Crippen LogP contribution in [0.1, 0.15) is 16.8 Å². The molecular weight excluding hydrogens is 455 g/mol. The third-order valence-corrected chi connectivity index (χ3v) is 6.11. The number of thioether (sulfide) groups is 1. The van der Waals surface area contributed by atoms with E-state index in [2.05, 4.69) is 37.6 Å². The lowest BCUT2D eigenvalue weighted by molar-refractivity contribution is 0.273. The van der Waals surface area contributed by atoms with E-state index in [0.717, 1.165) is 5.69 Å². The van der Waals surface area contributed by atoms with Crippen molar-refractivity contribution in [2.45, 2.75) is 17.0 Å². The number of anilines is 1. The van der Waals surface area contributed by atoms with Crippen molar-refractivity contribution in [2.24, 2.45) is 0 Å². The molecule has 0 aromatic carbocycles. The number of ether oxygens (including phenoxy) is 1. The van der Waals surface area contributed by atoms with E-state index in [-0.39, 0.29) is 24.2 Å². The second-order valence-corrected chi connectivity index (χ2v) is 8.39. The van der Waals surface area contributed by atoms with Crippen LogP contribution < -0.4 is 15.0 Å². The highest BCUT2D eigenvalue weighted by Crippen LogP contribution is 2.39. The summed E-state index contributed by atoms with van der Waals surface area (Å²) in [5, 5.41) is 31.4. The van der Waals surface area contributed by atoms with E-state index in [9.17, 15) is 14.9 Å². The molecule has 0 atom stereocenters. The first-order valence-corrected chi connectivity index (χ1v) is 11.5. The molecule has 1 aliphatic rings. The van der Waals surface area contributed by atoms with Gasteiger partial charge in [-0.05, 0) is 31.3 Å². The minimum Gasteiger partial charge on any atom is -0.491 e. The third kappa shape index (κ3) is 5.06. The Morgan fingerprint density at radius 2 is 2.06 bits per heavy atom. The van der Waals surface area contributed by atoms with E-state index < -0.39 is 6.17 Å². The number of alkyl halides is 1. The van der Waals surface area contributed by atoms with Gasteiger partial charge in [-0.15, -0.1) is 0 Å². The van der Waals surface area contributed by atoms with Crippen molar-refractivity contribution in [1.29, 1.82) is 10.5 Å². The SMILES string of the molecule is CNCCOc1ccc(-c2c(C#N)c(SCc3cccnn3)nc(N3CC(F)C3)c2C#N)nc1. The van der Waals surface area contributed by atoms with E-state index in [0.29, 0.717) is 46.8 Å². The van der Waals surface area contributed by atoms with Gasteiger partial charge >= 0.3 is 0 Å². The standard InChI is InChI=1S/C23H21FN8OS/c1-27-7-8-33-17-4-5-20(28-11-17)21-18(9-25)22(32-12-15(24)13-32)30-23(19(21)10-26)34-14-16-3-2-6-29-31-16/h2-6,11,15,27H,7-8,12-14H2,1H3. The smallest absolute Gasteiger partial charge is 0.148 e. The van der Waals surface area contributed by atoms with Crippen LogP contribution in [0.4, 0.5) is 10.2 Å². The molecule has 0 amide bonds. The Bertz CT molecular complexity index is 1220. The summed E-state index contributed by atoms with van der Waals surface area (Å²) in [6.45, 7) is 1.46. The molecule has 4 rings (SSSR count). The fraction of sp³-hybridized carbons (Fsp3) is 0.304. The van der Waals surface area contributed by atoms with Gasteiger partial charge in [0.15, 0.2) is 0 Å². The number of hydrogen-bond donors (Lipinski definition) is 1. The van der Waals surface area contributed by atoms with Gasteiger partial charge in [-0.3, -0.25) is 4.98 Å². The van der Waals surface area contributed by atoms with Crippen molar-refractivity contribution in [1.82, 2.24) is 25.5 Å². The fourth-order valence-corrected chi connectivity index (χ4v) is 4.27. The second-order valence-electron chi connectivity index (χ2n) is 7.43. The van der Waals surface area contributed by atoms with Gasteiger partial charge in [-0.25, -0.2) is 9.37 Å². The maximum absolute atomic E-state index is 13.6. The van der Waals surface area contributed by atoms with Crippen molar-refractivity contribution < 1.29 is 9.13 Å². The molecule has 172 valence electrons. The van der Waals surface area contributed by atoms with Crippen LogP contribution in [0.3, 0.4) is 0 Å². The number of hydrogen-bond acceptors (Lipinski definition) is 10. The van der Waals surface area contributed by atoms with E-state index in [4.69, 9.17) is 4.74 Å². The molecule has 0 bridgehead atoms. The van der Waals surface area contributed by atoms with Crippen molar-refractivity contribution in [3.05, 3.63) is 53.5 Å². The van der Waals surface area contributed by atoms with Crippen LogP contribution in [0.15, 0.2) is 41.7 Å². The third-order valence-electron chi connectivity index (χ3n) is 5.10. The van der Waals surface area contributed by atoms with Crippen molar-refractivity contribution in [2.75, 3.05) is 38.2 Å². The van der Waals surface area contributed by atoms with Gasteiger partial charge in [0, 0.05) is 24.1 Å². The van der Waals surface area contributed by atoms with Crippen molar-refractivity contribution >= 4 is 17.6 Å². The number of halogens is 1. The molecule has 1 aliphatic heterocycles. The lowest BCUT2D eigenvalue weighted by atomic mass is 9.99. The van der Waals surface area contributed by atoms with Crippen molar-refractivity contribution in [3.63, 3.8) is 0 Å². The molecule has 3 aromatic heterocycles. The summed E-state index contributed by atoms with van der Waals surface area (Å²) >= 11 is 1.31. The number of nitriles is 2. The lowest BCUT2D eigenvalue weighted by Gasteiger charge is -2.36. The highest BCUT2D eigenvalue weighted by molar-refractivity contribution is 7.98. The summed E-state index contributed by atoms with van der Waals surface area (Å²) in [6, 6.07) is 11.4. The molecule has 3 aromatic rings. The Kier molecular flexibility index (Phi) is 7.48. The average molecular weight is 477 g/mol. The minimum atomic E-state index is -0.977. The number of nitrogens with one attached hydrogen (secondary N) is 1. The molecule has 1 saturated heterocycles. The first-order chi connectivity index (χ1) is 16.6. The highest BCUT2D eigenvalue weighted by Gasteiger charge is 2.32. The van der Waals surface area contributed by atoms with E-state index in [1.165, 1.54) is 11.8 Å². The first-order valence-electron chi connectivity index (χ1n) is 10.5. The zero-order chi connectivity index (χ0) is 23.9. The predicted molar refractivity (Wildman–Crippen MR) is 125 cm³/mol. The summed E-state index contributed by atoms with van der Waals surface area (Å²) in [5.74, 6) is 1.35. The summed E-state index contributed by atoms with van der Waals surface area (Å²) in [5.41, 5.74) is 1.98. The zero-order valence-electron chi connectivity index (χ0n) is 18.4. The number of likely N-dealkylation sites (N-methyl/N-ethyl adjacent to an activating group) is 1. The van der Waals surface area contributed by atoms with E-state index in [1.54, 1.807) is 35.5 Å². The van der Waals surface area contributed by atoms with Crippen molar-refractivity contribution in [3.8, 4) is 29.1 Å². The van der Waals surface area contributed by atoms with Crippen LogP contribution in [0.5, 0.6) is 5.75 Å². The number of aromatic nitrogens is 4. The number of rotatable bonds is 9. The molecule has 0 saturated carbocycles. The molecule has 1 N–H and O–H groups in total. The molecule has 9 nitrogen and oxygen atoms in total. The van der Waals surface area contributed by atoms with Gasteiger partial charge in [-0.2, -0.15) is 20.7 Å². The maximum Gasteiger partial charge on any atom is 0.148 e. The number of nitrogens with zero attached hydrogens (tertiary/aromatic N) is 7. The van der Waals surface area contributed by atoms with E-state index >= 15 is 0 Å². The molecule has 0 radical (unpaired) electrons. The zero-order valence-corrected chi connectivity index (χ0v) is 19.2. The molecule has 11 heteroatoms. The molecule has 34 heavy (non-hydrogen) atoms. The predicted octanol–water partition coefficient (Wildman–Crippen LogP) is 2.73. The van der Waals surface area contributed by atoms with Crippen LogP contribution in [-0.2, 0) is 5.75 Å². The first kappa shape index (κ1) is 23.4. The summed E-state index contributed by atoms with van der Waals surface area (Å²) in [7, 11) is 1.84. The largest absolute Gasteiger partial charge is 0.491 e. The second kappa shape index (κ2) is 10.9. The summed E-state index contributed by atoms with van der Waals surface area (Å²) < 4.78 is 19.3. The van der Waals surface area contributed by atoms with Gasteiger partial charge < -0.3 is 15.0 Å². The Labute approximate surface area is 200 Å². The van der Waals surface area contributed by atoms with Gasteiger partial charge in [0.2, 0.25) is 0 Å². The molecule has 0 aliphatic carbocycles.